The second-order valence-corrected chi connectivity index (χ2v) is 6.43. The van der Waals surface area contributed by atoms with Crippen molar-refractivity contribution in [2.24, 2.45) is 4.99 Å². The van der Waals surface area contributed by atoms with Crippen molar-refractivity contribution < 1.29 is 13.9 Å². The smallest absolute Gasteiger partial charge is 0.191 e. The minimum atomic E-state index is -0.187. The van der Waals surface area contributed by atoms with E-state index in [0.717, 1.165) is 16.7 Å². The molecule has 0 atom stereocenters. The van der Waals surface area contributed by atoms with Crippen LogP contribution in [-0.4, -0.2) is 32.8 Å². The normalized spacial score (nSPS) is 11.1. The molecular formula is C22H31FIN3O2. The van der Waals surface area contributed by atoms with E-state index in [1.807, 2.05) is 25.1 Å². The summed E-state index contributed by atoms with van der Waals surface area (Å²) in [7, 11) is 1.73. The quantitative estimate of drug-likeness (QED) is 0.216. The Hall–Kier alpha value is -1.71. The minimum Gasteiger partial charge on any atom is -0.379 e. The van der Waals surface area contributed by atoms with E-state index in [1.54, 1.807) is 20.0 Å². The Morgan fingerprint density at radius 2 is 1.62 bits per heavy atom. The summed E-state index contributed by atoms with van der Waals surface area (Å²) in [5, 5.41) is 6.55. The van der Waals surface area contributed by atoms with Crippen LogP contribution < -0.4 is 10.6 Å². The molecule has 0 saturated heterocycles. The summed E-state index contributed by atoms with van der Waals surface area (Å²) in [4.78, 5) is 4.24. The molecule has 2 rings (SSSR count). The van der Waals surface area contributed by atoms with Gasteiger partial charge < -0.3 is 20.1 Å². The molecule has 0 saturated carbocycles. The number of guanidine groups is 1. The molecule has 0 fully saturated rings. The molecule has 2 N–H and O–H groups in total. The van der Waals surface area contributed by atoms with Crippen molar-refractivity contribution in [2.45, 2.75) is 33.5 Å². The van der Waals surface area contributed by atoms with Crippen molar-refractivity contribution in [3.05, 3.63) is 70.5 Å². The van der Waals surface area contributed by atoms with Gasteiger partial charge in [0, 0.05) is 26.7 Å². The van der Waals surface area contributed by atoms with Gasteiger partial charge in [-0.15, -0.1) is 24.0 Å². The standard InChI is InChI=1S/C22H30FN3O2.HI/c1-4-27-10-11-28-16-20-7-5-6-18(13-20)14-25-22(24-3)26-15-19-8-9-21(23)17(2)12-19;/h5-9,12-13H,4,10-11,14-16H2,1-3H3,(H2,24,25,26);1H. The summed E-state index contributed by atoms with van der Waals surface area (Å²) >= 11 is 0. The lowest BCUT2D eigenvalue weighted by Gasteiger charge is -2.13. The highest BCUT2D eigenvalue weighted by Gasteiger charge is 2.03. The van der Waals surface area contributed by atoms with Gasteiger partial charge in [0.1, 0.15) is 5.82 Å². The third kappa shape index (κ3) is 9.56. The molecular weight excluding hydrogens is 484 g/mol. The summed E-state index contributed by atoms with van der Waals surface area (Å²) in [6, 6.07) is 13.4. The number of benzene rings is 2. The van der Waals surface area contributed by atoms with Crippen molar-refractivity contribution in [3.8, 4) is 0 Å². The summed E-state index contributed by atoms with van der Waals surface area (Å²) < 4.78 is 24.3. The number of halogens is 2. The van der Waals surface area contributed by atoms with Crippen LogP contribution >= 0.6 is 24.0 Å². The van der Waals surface area contributed by atoms with Crippen molar-refractivity contribution in [1.82, 2.24) is 10.6 Å². The zero-order valence-corrected chi connectivity index (χ0v) is 19.7. The monoisotopic (exact) mass is 515 g/mol. The highest BCUT2D eigenvalue weighted by atomic mass is 127. The zero-order valence-electron chi connectivity index (χ0n) is 17.3. The number of nitrogens with one attached hydrogen (secondary N) is 2. The van der Waals surface area contributed by atoms with E-state index in [0.29, 0.717) is 51.0 Å². The Balaban J connectivity index is 0.00000420. The minimum absolute atomic E-state index is 0. The van der Waals surface area contributed by atoms with Gasteiger partial charge in [-0.3, -0.25) is 4.99 Å². The predicted octanol–water partition coefficient (Wildman–Crippen LogP) is 4.17. The van der Waals surface area contributed by atoms with Gasteiger partial charge in [0.2, 0.25) is 0 Å². The molecule has 0 spiro atoms. The lowest BCUT2D eigenvalue weighted by molar-refractivity contribution is 0.0453. The van der Waals surface area contributed by atoms with Gasteiger partial charge >= 0.3 is 0 Å². The van der Waals surface area contributed by atoms with Gasteiger partial charge in [-0.1, -0.05) is 36.4 Å². The van der Waals surface area contributed by atoms with E-state index in [1.165, 1.54) is 6.07 Å². The molecule has 2 aromatic rings. The Morgan fingerprint density at radius 3 is 2.28 bits per heavy atom. The Morgan fingerprint density at radius 1 is 0.966 bits per heavy atom. The van der Waals surface area contributed by atoms with E-state index < -0.39 is 0 Å². The highest BCUT2D eigenvalue weighted by Crippen LogP contribution is 2.09. The maximum Gasteiger partial charge on any atom is 0.191 e. The molecule has 0 aliphatic heterocycles. The van der Waals surface area contributed by atoms with E-state index in [2.05, 4.69) is 27.8 Å². The fraction of sp³-hybridized carbons (Fsp3) is 0.409. The number of ether oxygens (including phenoxy) is 2. The molecule has 0 aromatic heterocycles. The molecule has 0 heterocycles. The van der Waals surface area contributed by atoms with Crippen LogP contribution in [0.4, 0.5) is 4.39 Å². The van der Waals surface area contributed by atoms with Gasteiger partial charge in [-0.25, -0.2) is 4.39 Å². The third-order valence-electron chi connectivity index (χ3n) is 4.20. The lowest BCUT2D eigenvalue weighted by Crippen LogP contribution is -2.36. The maximum absolute atomic E-state index is 13.4. The largest absolute Gasteiger partial charge is 0.379 e. The van der Waals surface area contributed by atoms with Crippen LogP contribution in [-0.2, 0) is 29.2 Å². The molecule has 0 bridgehead atoms. The SMILES string of the molecule is CCOCCOCc1cccc(CNC(=NC)NCc2ccc(F)c(C)c2)c1.I. The summed E-state index contributed by atoms with van der Waals surface area (Å²) in [6.45, 7) is 7.45. The predicted molar refractivity (Wildman–Crippen MR) is 126 cm³/mol. The van der Waals surface area contributed by atoms with Crippen molar-refractivity contribution in [2.75, 3.05) is 26.9 Å². The molecule has 5 nitrogen and oxygen atoms in total. The van der Waals surface area contributed by atoms with Crippen molar-refractivity contribution in [3.63, 3.8) is 0 Å². The van der Waals surface area contributed by atoms with Gasteiger partial charge in [0.25, 0.3) is 0 Å². The molecule has 0 aliphatic rings. The first-order valence-electron chi connectivity index (χ1n) is 9.55. The lowest BCUT2D eigenvalue weighted by atomic mass is 10.1. The molecule has 7 heteroatoms. The third-order valence-corrected chi connectivity index (χ3v) is 4.20. The molecule has 2 aromatic carbocycles. The van der Waals surface area contributed by atoms with Crippen LogP contribution in [0, 0.1) is 12.7 Å². The average Bonchev–Trinajstić information content (AvgIpc) is 2.71. The molecule has 29 heavy (non-hydrogen) atoms. The van der Waals surface area contributed by atoms with Crippen LogP contribution in [0.15, 0.2) is 47.5 Å². The van der Waals surface area contributed by atoms with Crippen LogP contribution in [0.2, 0.25) is 0 Å². The first kappa shape index (κ1) is 25.3. The highest BCUT2D eigenvalue weighted by molar-refractivity contribution is 14.0. The fourth-order valence-corrected chi connectivity index (χ4v) is 2.69. The summed E-state index contributed by atoms with van der Waals surface area (Å²) in [5.41, 5.74) is 3.92. The van der Waals surface area contributed by atoms with Gasteiger partial charge in [-0.05, 0) is 42.2 Å². The topological polar surface area (TPSA) is 54.9 Å². The van der Waals surface area contributed by atoms with Crippen LogP contribution in [0.3, 0.4) is 0 Å². The fourth-order valence-electron chi connectivity index (χ4n) is 2.69. The van der Waals surface area contributed by atoms with Crippen LogP contribution in [0.1, 0.15) is 29.2 Å². The maximum atomic E-state index is 13.4. The van der Waals surface area contributed by atoms with Crippen molar-refractivity contribution in [1.29, 1.82) is 0 Å². The Labute approximate surface area is 190 Å². The first-order valence-corrected chi connectivity index (χ1v) is 9.55. The molecule has 0 unspecified atom stereocenters. The molecule has 0 aliphatic carbocycles. The zero-order chi connectivity index (χ0) is 20.2. The number of hydrogen-bond acceptors (Lipinski definition) is 3. The molecule has 0 amide bonds. The van der Waals surface area contributed by atoms with Crippen molar-refractivity contribution >= 4 is 29.9 Å². The second-order valence-electron chi connectivity index (χ2n) is 6.43. The van der Waals surface area contributed by atoms with Crippen LogP contribution in [0.25, 0.3) is 0 Å². The summed E-state index contributed by atoms with van der Waals surface area (Å²) in [5.74, 6) is 0.508. The number of rotatable bonds is 10. The number of nitrogens with zero attached hydrogens (tertiary/aromatic N) is 1. The van der Waals surface area contributed by atoms with E-state index in [4.69, 9.17) is 9.47 Å². The van der Waals surface area contributed by atoms with E-state index >= 15 is 0 Å². The van der Waals surface area contributed by atoms with E-state index in [9.17, 15) is 4.39 Å². The Bertz CT molecular complexity index is 771. The average molecular weight is 515 g/mol. The van der Waals surface area contributed by atoms with Crippen LogP contribution in [0.5, 0.6) is 0 Å². The Kier molecular flexibility index (Phi) is 12.5. The number of hydrogen-bond donors (Lipinski definition) is 2. The van der Waals surface area contributed by atoms with Gasteiger partial charge in [-0.2, -0.15) is 0 Å². The first-order chi connectivity index (χ1) is 13.6. The van der Waals surface area contributed by atoms with Gasteiger partial charge in [0.15, 0.2) is 5.96 Å². The summed E-state index contributed by atoms with van der Waals surface area (Å²) in [6.07, 6.45) is 0. The molecule has 160 valence electrons. The number of aliphatic imine (C=N–C) groups is 1. The van der Waals surface area contributed by atoms with Gasteiger partial charge in [0.05, 0.1) is 19.8 Å². The van der Waals surface area contributed by atoms with E-state index in [-0.39, 0.29) is 29.8 Å². The second kappa shape index (κ2) is 14.3. The number of aryl methyl sites for hydroxylation is 1. The molecule has 0 radical (unpaired) electrons.